The molecule has 0 aliphatic heterocycles. The number of nitrogens with one attached hydrogen (secondary N) is 1. The maximum atomic E-state index is 12.2. The molecule has 130 valence electrons. The molecule has 1 heterocycles. The van der Waals surface area contributed by atoms with E-state index in [1.54, 1.807) is 23.7 Å². The highest BCUT2D eigenvalue weighted by atomic mass is 19.3. The van der Waals surface area contributed by atoms with Gasteiger partial charge in [-0.15, -0.1) is 0 Å². The number of rotatable bonds is 7. The molecular weight excluding hydrogens is 320 g/mol. The number of carbonyl (C=O) groups is 1. The number of nitrogens with zero attached hydrogens (tertiary/aromatic N) is 2. The third kappa shape index (κ3) is 4.51. The summed E-state index contributed by atoms with van der Waals surface area (Å²) in [6, 6.07) is 7.39. The third-order valence-electron chi connectivity index (χ3n) is 3.36. The predicted molar refractivity (Wildman–Crippen MR) is 83.0 cm³/mol. The minimum Gasteiger partial charge on any atom is -0.435 e. The Bertz CT molecular complexity index is 704. The van der Waals surface area contributed by atoms with E-state index in [-0.39, 0.29) is 18.2 Å². The summed E-state index contributed by atoms with van der Waals surface area (Å²) in [5.41, 5.74) is 1.49. The maximum Gasteiger partial charge on any atom is 0.387 e. The first-order chi connectivity index (χ1) is 11.4. The summed E-state index contributed by atoms with van der Waals surface area (Å²) in [5, 5.41) is 16.9. The molecule has 0 saturated heterocycles. The number of ether oxygens (including phenoxy) is 1. The number of aliphatic hydroxyl groups is 1. The van der Waals surface area contributed by atoms with Crippen molar-refractivity contribution in [2.45, 2.75) is 33.1 Å². The molecule has 1 atom stereocenters. The zero-order chi connectivity index (χ0) is 17.7. The summed E-state index contributed by atoms with van der Waals surface area (Å²) in [5.74, 6) is -0.413. The first-order valence-corrected chi connectivity index (χ1v) is 7.46. The SMILES string of the molecule is CCn1nc(C)cc1C(=O)NCC(O)c1cccc(OC(F)F)c1. The molecule has 0 aliphatic rings. The number of carbonyl (C=O) groups excluding carboxylic acids is 1. The molecule has 2 rings (SSSR count). The zero-order valence-electron chi connectivity index (χ0n) is 13.4. The fourth-order valence-corrected chi connectivity index (χ4v) is 2.27. The fraction of sp³-hybridized carbons (Fsp3) is 0.375. The Hall–Kier alpha value is -2.48. The van der Waals surface area contributed by atoms with E-state index >= 15 is 0 Å². The molecule has 8 heteroatoms. The van der Waals surface area contributed by atoms with E-state index in [2.05, 4.69) is 15.2 Å². The maximum absolute atomic E-state index is 12.2. The van der Waals surface area contributed by atoms with Crippen molar-refractivity contribution in [2.24, 2.45) is 0 Å². The lowest BCUT2D eigenvalue weighted by Gasteiger charge is -2.14. The van der Waals surface area contributed by atoms with E-state index in [4.69, 9.17) is 0 Å². The number of alkyl halides is 2. The molecule has 1 aromatic heterocycles. The second-order valence-corrected chi connectivity index (χ2v) is 5.16. The van der Waals surface area contributed by atoms with E-state index in [0.29, 0.717) is 17.8 Å². The molecule has 0 radical (unpaired) electrons. The lowest BCUT2D eigenvalue weighted by molar-refractivity contribution is -0.0499. The molecular formula is C16H19F2N3O3. The number of amides is 1. The average Bonchev–Trinajstić information content (AvgIpc) is 2.93. The van der Waals surface area contributed by atoms with E-state index in [1.807, 2.05) is 6.92 Å². The smallest absolute Gasteiger partial charge is 0.387 e. The second kappa shape index (κ2) is 7.87. The molecule has 2 aromatic rings. The van der Waals surface area contributed by atoms with Gasteiger partial charge in [-0.25, -0.2) is 0 Å². The predicted octanol–water partition coefficient (Wildman–Crippen LogP) is 2.28. The van der Waals surface area contributed by atoms with E-state index in [1.165, 1.54) is 18.2 Å². The topological polar surface area (TPSA) is 76.4 Å². The average molecular weight is 339 g/mol. The highest BCUT2D eigenvalue weighted by Gasteiger charge is 2.16. The van der Waals surface area contributed by atoms with Crippen molar-refractivity contribution >= 4 is 5.91 Å². The van der Waals surface area contributed by atoms with Crippen molar-refractivity contribution in [1.82, 2.24) is 15.1 Å². The van der Waals surface area contributed by atoms with Crippen LogP contribution in [0.2, 0.25) is 0 Å². The summed E-state index contributed by atoms with van der Waals surface area (Å²) in [7, 11) is 0. The quantitative estimate of drug-likeness (QED) is 0.811. The Balaban J connectivity index is 1.99. The van der Waals surface area contributed by atoms with Crippen LogP contribution < -0.4 is 10.1 Å². The first kappa shape index (κ1) is 17.9. The van der Waals surface area contributed by atoms with Gasteiger partial charge in [0, 0.05) is 13.1 Å². The number of hydrogen-bond donors (Lipinski definition) is 2. The second-order valence-electron chi connectivity index (χ2n) is 5.16. The van der Waals surface area contributed by atoms with Crippen molar-refractivity contribution < 1.29 is 23.4 Å². The molecule has 0 saturated carbocycles. The molecule has 24 heavy (non-hydrogen) atoms. The van der Waals surface area contributed by atoms with Crippen molar-refractivity contribution in [2.75, 3.05) is 6.54 Å². The molecule has 6 nitrogen and oxygen atoms in total. The third-order valence-corrected chi connectivity index (χ3v) is 3.36. The van der Waals surface area contributed by atoms with Crippen molar-refractivity contribution in [3.63, 3.8) is 0 Å². The molecule has 0 bridgehead atoms. The van der Waals surface area contributed by atoms with Crippen LogP contribution in [0.4, 0.5) is 8.78 Å². The molecule has 1 aromatic carbocycles. The van der Waals surface area contributed by atoms with Crippen LogP contribution in [0.1, 0.15) is 34.8 Å². The van der Waals surface area contributed by atoms with Gasteiger partial charge in [0.1, 0.15) is 11.4 Å². The lowest BCUT2D eigenvalue weighted by atomic mass is 10.1. The van der Waals surface area contributed by atoms with Gasteiger partial charge in [-0.3, -0.25) is 9.48 Å². The van der Waals surface area contributed by atoms with E-state index < -0.39 is 12.7 Å². The van der Waals surface area contributed by atoms with Crippen LogP contribution in [0, 0.1) is 6.92 Å². The van der Waals surface area contributed by atoms with Crippen molar-refractivity contribution in [1.29, 1.82) is 0 Å². The molecule has 0 spiro atoms. The number of aliphatic hydroxyl groups excluding tert-OH is 1. The fourth-order valence-electron chi connectivity index (χ4n) is 2.27. The molecule has 0 aliphatic carbocycles. The Labute approximate surface area is 138 Å². The standard InChI is InChI=1S/C16H19F2N3O3/c1-3-21-13(7-10(2)20-21)15(23)19-9-14(22)11-5-4-6-12(8-11)24-16(17)18/h4-8,14,16,22H,3,9H2,1-2H3,(H,19,23). The zero-order valence-corrected chi connectivity index (χ0v) is 13.4. The number of halogens is 2. The molecule has 2 N–H and O–H groups in total. The Morgan fingerprint density at radius 1 is 1.42 bits per heavy atom. The minimum absolute atomic E-state index is 0.0486. The van der Waals surface area contributed by atoms with Gasteiger partial charge in [0.2, 0.25) is 0 Å². The summed E-state index contributed by atoms with van der Waals surface area (Å²) in [4.78, 5) is 12.2. The summed E-state index contributed by atoms with van der Waals surface area (Å²) >= 11 is 0. The van der Waals surface area contributed by atoms with Gasteiger partial charge in [0.25, 0.3) is 5.91 Å². The molecule has 1 unspecified atom stereocenters. The van der Waals surface area contributed by atoms with Crippen LogP contribution in [-0.2, 0) is 6.54 Å². The lowest BCUT2D eigenvalue weighted by Crippen LogP contribution is -2.30. The van der Waals surface area contributed by atoms with Crippen LogP contribution in [0.5, 0.6) is 5.75 Å². The molecule has 0 fully saturated rings. The Kier molecular flexibility index (Phi) is 5.86. The molecule has 1 amide bonds. The van der Waals surface area contributed by atoms with Gasteiger partial charge in [0.05, 0.1) is 11.8 Å². The summed E-state index contributed by atoms with van der Waals surface area (Å²) in [6.07, 6.45) is -1.05. The number of aromatic nitrogens is 2. The van der Waals surface area contributed by atoms with Gasteiger partial charge in [-0.05, 0) is 37.6 Å². The Morgan fingerprint density at radius 3 is 2.83 bits per heavy atom. The van der Waals surface area contributed by atoms with E-state index in [0.717, 1.165) is 5.69 Å². The van der Waals surface area contributed by atoms with Crippen molar-refractivity contribution in [3.05, 3.63) is 47.3 Å². The van der Waals surface area contributed by atoms with Crippen LogP contribution in [0.15, 0.2) is 30.3 Å². The highest BCUT2D eigenvalue weighted by molar-refractivity contribution is 5.92. The number of aryl methyl sites for hydroxylation is 2. The highest BCUT2D eigenvalue weighted by Crippen LogP contribution is 2.20. The monoisotopic (exact) mass is 339 g/mol. The normalized spacial score (nSPS) is 12.2. The summed E-state index contributed by atoms with van der Waals surface area (Å²) in [6.45, 7) is 1.20. The van der Waals surface area contributed by atoms with Gasteiger partial charge in [0.15, 0.2) is 0 Å². The van der Waals surface area contributed by atoms with Crippen LogP contribution in [0.3, 0.4) is 0 Å². The van der Waals surface area contributed by atoms with Crippen LogP contribution in [0.25, 0.3) is 0 Å². The first-order valence-electron chi connectivity index (χ1n) is 7.46. The number of benzene rings is 1. The number of hydrogen-bond acceptors (Lipinski definition) is 4. The van der Waals surface area contributed by atoms with Gasteiger partial charge < -0.3 is 15.2 Å². The van der Waals surface area contributed by atoms with E-state index in [9.17, 15) is 18.7 Å². The van der Waals surface area contributed by atoms with Crippen LogP contribution >= 0.6 is 0 Å². The van der Waals surface area contributed by atoms with Crippen molar-refractivity contribution in [3.8, 4) is 5.75 Å². The van der Waals surface area contributed by atoms with Gasteiger partial charge in [-0.1, -0.05) is 12.1 Å². The largest absolute Gasteiger partial charge is 0.435 e. The van der Waals surface area contributed by atoms with Gasteiger partial charge in [-0.2, -0.15) is 13.9 Å². The minimum atomic E-state index is -2.94. The van der Waals surface area contributed by atoms with Gasteiger partial charge >= 0.3 is 6.61 Å². The van der Waals surface area contributed by atoms with Crippen LogP contribution in [-0.4, -0.2) is 34.0 Å². The summed E-state index contributed by atoms with van der Waals surface area (Å²) < 4.78 is 30.3. The Morgan fingerprint density at radius 2 is 2.17 bits per heavy atom.